The van der Waals surface area contributed by atoms with Crippen LogP contribution >= 0.6 is 11.6 Å². The Bertz CT molecular complexity index is 366. The molecule has 1 aliphatic rings. The van der Waals surface area contributed by atoms with E-state index in [0.29, 0.717) is 5.02 Å². The lowest BCUT2D eigenvalue weighted by Crippen LogP contribution is -2.36. The third-order valence-electron chi connectivity index (χ3n) is 3.04. The molecule has 0 saturated carbocycles. The van der Waals surface area contributed by atoms with Crippen molar-refractivity contribution in [2.75, 3.05) is 32.8 Å². The monoisotopic (exact) mass is 257 g/mol. The normalized spacial score (nSPS) is 17.3. The fourth-order valence-corrected chi connectivity index (χ4v) is 2.20. The van der Waals surface area contributed by atoms with Gasteiger partial charge in [0.05, 0.1) is 13.2 Å². The third kappa shape index (κ3) is 3.95. The van der Waals surface area contributed by atoms with Crippen LogP contribution in [0.25, 0.3) is 0 Å². The van der Waals surface area contributed by atoms with E-state index in [2.05, 4.69) is 4.90 Å². The molecule has 0 atom stereocenters. The molecule has 94 valence electrons. The second-order valence-corrected chi connectivity index (χ2v) is 4.73. The predicted molar refractivity (Wildman–Crippen MR) is 67.0 cm³/mol. The largest absolute Gasteiger partial charge is 0.379 e. The summed E-state index contributed by atoms with van der Waals surface area (Å²) in [6, 6.07) is 4.90. The van der Waals surface area contributed by atoms with Gasteiger partial charge in [0, 0.05) is 18.1 Å². The standard InChI is InChI=1S/C13H17ClFNO/c14-12-4-3-11(13(15)10-12)2-1-5-16-6-8-17-9-7-16/h3-4,10H,1-2,5-9H2. The first-order valence-electron chi connectivity index (χ1n) is 6.00. The first-order chi connectivity index (χ1) is 8.25. The zero-order chi connectivity index (χ0) is 12.1. The second-order valence-electron chi connectivity index (χ2n) is 4.29. The van der Waals surface area contributed by atoms with Crippen LogP contribution in [0.3, 0.4) is 0 Å². The minimum atomic E-state index is -0.195. The Labute approximate surface area is 106 Å². The number of ether oxygens (including phenoxy) is 1. The number of hydrogen-bond acceptors (Lipinski definition) is 2. The molecular weight excluding hydrogens is 241 g/mol. The summed E-state index contributed by atoms with van der Waals surface area (Å²) in [6.07, 6.45) is 1.74. The number of aryl methyl sites for hydroxylation is 1. The van der Waals surface area contributed by atoms with Gasteiger partial charge in [-0.3, -0.25) is 4.90 Å². The van der Waals surface area contributed by atoms with E-state index in [9.17, 15) is 4.39 Å². The molecule has 1 aromatic rings. The predicted octanol–water partition coefficient (Wildman–Crippen LogP) is 2.74. The van der Waals surface area contributed by atoms with Crippen molar-refractivity contribution in [2.45, 2.75) is 12.8 Å². The van der Waals surface area contributed by atoms with Crippen molar-refractivity contribution in [3.8, 4) is 0 Å². The molecule has 1 fully saturated rings. The van der Waals surface area contributed by atoms with Crippen molar-refractivity contribution in [1.29, 1.82) is 0 Å². The lowest BCUT2D eigenvalue weighted by atomic mass is 10.1. The highest BCUT2D eigenvalue weighted by Crippen LogP contribution is 2.16. The fraction of sp³-hybridized carbons (Fsp3) is 0.538. The van der Waals surface area contributed by atoms with Crippen LogP contribution in [-0.4, -0.2) is 37.7 Å². The van der Waals surface area contributed by atoms with Crippen LogP contribution < -0.4 is 0 Å². The second kappa shape index (κ2) is 6.34. The summed E-state index contributed by atoms with van der Waals surface area (Å²) in [4.78, 5) is 2.36. The molecule has 4 heteroatoms. The minimum absolute atomic E-state index is 0.195. The van der Waals surface area contributed by atoms with Crippen LogP contribution in [0.1, 0.15) is 12.0 Å². The zero-order valence-corrected chi connectivity index (χ0v) is 10.5. The van der Waals surface area contributed by atoms with Gasteiger partial charge in [0.25, 0.3) is 0 Å². The van der Waals surface area contributed by atoms with Gasteiger partial charge in [-0.15, -0.1) is 0 Å². The van der Waals surface area contributed by atoms with Crippen LogP contribution in [0.4, 0.5) is 4.39 Å². The molecule has 0 N–H and O–H groups in total. The first kappa shape index (κ1) is 12.8. The summed E-state index contributed by atoms with van der Waals surface area (Å²) in [7, 11) is 0. The molecule has 0 radical (unpaired) electrons. The van der Waals surface area contributed by atoms with Crippen molar-refractivity contribution in [3.63, 3.8) is 0 Å². The maximum Gasteiger partial charge on any atom is 0.127 e. The first-order valence-corrected chi connectivity index (χ1v) is 6.37. The zero-order valence-electron chi connectivity index (χ0n) is 9.79. The van der Waals surface area contributed by atoms with Gasteiger partial charge >= 0.3 is 0 Å². The number of halogens is 2. The summed E-state index contributed by atoms with van der Waals surface area (Å²) in [5.74, 6) is -0.195. The van der Waals surface area contributed by atoms with Crippen molar-refractivity contribution in [1.82, 2.24) is 4.90 Å². The van der Waals surface area contributed by atoms with Gasteiger partial charge in [-0.2, -0.15) is 0 Å². The third-order valence-corrected chi connectivity index (χ3v) is 3.27. The Morgan fingerprint density at radius 2 is 2.06 bits per heavy atom. The molecule has 0 aliphatic carbocycles. The maximum atomic E-state index is 13.5. The van der Waals surface area contributed by atoms with Crippen LogP contribution in [0.2, 0.25) is 5.02 Å². The molecule has 0 bridgehead atoms. The highest BCUT2D eigenvalue weighted by Gasteiger charge is 2.10. The molecule has 2 nitrogen and oxygen atoms in total. The SMILES string of the molecule is Fc1cc(Cl)ccc1CCCN1CCOCC1. The molecule has 1 saturated heterocycles. The van der Waals surface area contributed by atoms with E-state index in [1.807, 2.05) is 0 Å². The van der Waals surface area contributed by atoms with Crippen LogP contribution in [0.5, 0.6) is 0 Å². The molecule has 0 aromatic heterocycles. The van der Waals surface area contributed by atoms with E-state index in [0.717, 1.165) is 51.3 Å². The van der Waals surface area contributed by atoms with Gasteiger partial charge in [-0.1, -0.05) is 17.7 Å². The Kier molecular flexibility index (Phi) is 4.77. The molecular formula is C13H17ClFNO. The van der Waals surface area contributed by atoms with Gasteiger partial charge in [0.15, 0.2) is 0 Å². The van der Waals surface area contributed by atoms with Crippen molar-refractivity contribution >= 4 is 11.6 Å². The Balaban J connectivity index is 1.77. The minimum Gasteiger partial charge on any atom is -0.379 e. The maximum absolute atomic E-state index is 13.5. The van der Waals surface area contributed by atoms with Crippen molar-refractivity contribution < 1.29 is 9.13 Å². The number of hydrogen-bond donors (Lipinski definition) is 0. The summed E-state index contributed by atoms with van der Waals surface area (Å²) >= 11 is 5.71. The quantitative estimate of drug-likeness (QED) is 0.822. The van der Waals surface area contributed by atoms with Gasteiger partial charge < -0.3 is 4.74 Å². The highest BCUT2D eigenvalue weighted by molar-refractivity contribution is 6.30. The van der Waals surface area contributed by atoms with Crippen LogP contribution in [-0.2, 0) is 11.2 Å². The average molecular weight is 258 g/mol. The smallest absolute Gasteiger partial charge is 0.127 e. The number of morpholine rings is 1. The van der Waals surface area contributed by atoms with E-state index in [1.165, 1.54) is 6.07 Å². The number of benzene rings is 1. The number of rotatable bonds is 4. The summed E-state index contributed by atoms with van der Waals surface area (Å²) in [5.41, 5.74) is 0.752. The van der Waals surface area contributed by atoms with Crippen molar-refractivity contribution in [2.24, 2.45) is 0 Å². The lowest BCUT2D eigenvalue weighted by Gasteiger charge is -2.26. The fourth-order valence-electron chi connectivity index (χ4n) is 2.04. The summed E-state index contributed by atoms with van der Waals surface area (Å²) < 4.78 is 18.8. The van der Waals surface area contributed by atoms with E-state index in [1.54, 1.807) is 12.1 Å². The van der Waals surface area contributed by atoms with Crippen molar-refractivity contribution in [3.05, 3.63) is 34.6 Å². The Morgan fingerprint density at radius 1 is 1.29 bits per heavy atom. The molecule has 2 rings (SSSR count). The molecule has 0 spiro atoms. The van der Waals surface area contributed by atoms with Gasteiger partial charge in [-0.05, 0) is 37.1 Å². The highest BCUT2D eigenvalue weighted by atomic mass is 35.5. The summed E-state index contributed by atoms with van der Waals surface area (Å²) in [5, 5.41) is 0.458. The topological polar surface area (TPSA) is 12.5 Å². The van der Waals surface area contributed by atoms with E-state index >= 15 is 0 Å². The average Bonchev–Trinajstić information content (AvgIpc) is 2.33. The van der Waals surface area contributed by atoms with Crippen LogP contribution in [0.15, 0.2) is 18.2 Å². The van der Waals surface area contributed by atoms with Gasteiger partial charge in [-0.25, -0.2) is 4.39 Å². The van der Waals surface area contributed by atoms with E-state index in [4.69, 9.17) is 16.3 Å². The number of nitrogens with zero attached hydrogens (tertiary/aromatic N) is 1. The molecule has 1 heterocycles. The van der Waals surface area contributed by atoms with Gasteiger partial charge in [0.1, 0.15) is 5.82 Å². The Hall–Kier alpha value is -0.640. The molecule has 0 unspecified atom stereocenters. The molecule has 0 amide bonds. The van der Waals surface area contributed by atoms with E-state index in [-0.39, 0.29) is 5.82 Å². The summed E-state index contributed by atoms with van der Waals surface area (Å²) in [6.45, 7) is 4.61. The lowest BCUT2D eigenvalue weighted by molar-refractivity contribution is 0.0374. The molecule has 17 heavy (non-hydrogen) atoms. The van der Waals surface area contributed by atoms with E-state index < -0.39 is 0 Å². The van der Waals surface area contributed by atoms with Crippen LogP contribution in [0, 0.1) is 5.82 Å². The molecule has 1 aliphatic heterocycles. The molecule has 1 aromatic carbocycles. The Morgan fingerprint density at radius 3 is 2.76 bits per heavy atom. The van der Waals surface area contributed by atoms with Gasteiger partial charge in [0.2, 0.25) is 0 Å².